The Labute approximate surface area is 163 Å². The highest BCUT2D eigenvalue weighted by atomic mass is 19.1. The summed E-state index contributed by atoms with van der Waals surface area (Å²) in [6.45, 7) is 4.98. The van der Waals surface area contributed by atoms with Crippen molar-refractivity contribution in [1.29, 1.82) is 0 Å². The molecule has 0 saturated heterocycles. The van der Waals surface area contributed by atoms with Gasteiger partial charge in [0.25, 0.3) is 0 Å². The van der Waals surface area contributed by atoms with Gasteiger partial charge in [0.15, 0.2) is 0 Å². The highest BCUT2D eigenvalue weighted by Gasteiger charge is 2.26. The summed E-state index contributed by atoms with van der Waals surface area (Å²) >= 11 is 0. The summed E-state index contributed by atoms with van der Waals surface area (Å²) in [4.78, 5) is 14.7. The summed E-state index contributed by atoms with van der Waals surface area (Å²) in [6.07, 6.45) is 3.59. The van der Waals surface area contributed by atoms with Crippen molar-refractivity contribution in [2.75, 3.05) is 6.61 Å². The average Bonchev–Trinajstić information content (AvgIpc) is 3.00. The summed E-state index contributed by atoms with van der Waals surface area (Å²) in [7, 11) is 0. The van der Waals surface area contributed by atoms with Gasteiger partial charge in [0.2, 0.25) is 5.91 Å². The molecule has 2 heterocycles. The van der Waals surface area contributed by atoms with Crippen LogP contribution in [-0.4, -0.2) is 33.2 Å². The molecule has 0 spiro atoms. The number of aryl methyl sites for hydroxylation is 1. The molecule has 0 fully saturated rings. The number of fused-ring (bicyclic) bond motifs is 1. The van der Waals surface area contributed by atoms with Crippen LogP contribution < -0.4 is 4.74 Å². The number of amides is 1. The fourth-order valence-electron chi connectivity index (χ4n) is 3.45. The zero-order valence-corrected chi connectivity index (χ0v) is 15.9. The van der Waals surface area contributed by atoms with Crippen molar-refractivity contribution in [3.05, 3.63) is 71.8 Å². The Balaban J connectivity index is 1.61. The molecule has 1 aliphatic heterocycles. The van der Waals surface area contributed by atoms with Gasteiger partial charge < -0.3 is 9.64 Å². The molecule has 0 N–H and O–H groups in total. The Bertz CT molecular complexity index is 1010. The predicted octanol–water partition coefficient (Wildman–Crippen LogP) is 3.81. The first-order chi connectivity index (χ1) is 13.5. The first-order valence-electron chi connectivity index (χ1n) is 9.30. The first kappa shape index (κ1) is 18.2. The Hall–Kier alpha value is -3.15. The minimum absolute atomic E-state index is 0.0109. The van der Waals surface area contributed by atoms with Crippen LogP contribution in [0.4, 0.5) is 4.39 Å². The van der Waals surface area contributed by atoms with E-state index in [1.165, 1.54) is 12.1 Å². The van der Waals surface area contributed by atoms with E-state index in [0.717, 1.165) is 28.0 Å². The molecule has 0 aliphatic carbocycles. The zero-order chi connectivity index (χ0) is 19.7. The smallest absolute Gasteiger partial charge is 0.244 e. The Morgan fingerprint density at radius 3 is 2.82 bits per heavy atom. The fourth-order valence-corrected chi connectivity index (χ4v) is 3.45. The molecule has 1 aromatic heterocycles. The summed E-state index contributed by atoms with van der Waals surface area (Å²) in [5, 5.41) is 4.21. The molecule has 4 rings (SSSR count). The molecule has 0 bridgehead atoms. The van der Waals surface area contributed by atoms with Crippen LogP contribution in [0.3, 0.4) is 0 Å². The van der Waals surface area contributed by atoms with Crippen LogP contribution in [0.15, 0.2) is 54.9 Å². The fraction of sp³-hybridized carbons (Fsp3) is 0.273. The second-order valence-electron chi connectivity index (χ2n) is 7.23. The lowest BCUT2D eigenvalue weighted by atomic mass is 10.0. The summed E-state index contributed by atoms with van der Waals surface area (Å²) < 4.78 is 21.2. The van der Waals surface area contributed by atoms with Crippen molar-refractivity contribution >= 4 is 5.91 Å². The SMILES string of the molecule is Cc1cnn(CC(=O)N2Cc3cc(-c4cccc(F)c4)ccc3OCC2C)c1. The van der Waals surface area contributed by atoms with Crippen molar-refractivity contribution in [2.45, 2.75) is 33.0 Å². The van der Waals surface area contributed by atoms with Crippen molar-refractivity contribution < 1.29 is 13.9 Å². The zero-order valence-electron chi connectivity index (χ0n) is 15.9. The molecule has 2 aromatic carbocycles. The van der Waals surface area contributed by atoms with Crippen LogP contribution in [0.5, 0.6) is 5.75 Å². The molecule has 0 radical (unpaired) electrons. The number of hydrogen-bond donors (Lipinski definition) is 0. The third kappa shape index (κ3) is 3.76. The van der Waals surface area contributed by atoms with Crippen LogP contribution in [0, 0.1) is 12.7 Å². The number of halogens is 1. The molecule has 5 nitrogen and oxygen atoms in total. The summed E-state index contributed by atoms with van der Waals surface area (Å²) in [6, 6.07) is 12.2. The first-order valence-corrected chi connectivity index (χ1v) is 9.30. The summed E-state index contributed by atoms with van der Waals surface area (Å²) in [5.74, 6) is 0.476. The van der Waals surface area contributed by atoms with E-state index in [1.54, 1.807) is 16.9 Å². The molecular weight excluding hydrogens is 357 g/mol. The van der Waals surface area contributed by atoms with Gasteiger partial charge in [-0.3, -0.25) is 9.48 Å². The van der Waals surface area contributed by atoms with Crippen LogP contribution in [-0.2, 0) is 17.9 Å². The molecule has 6 heteroatoms. The van der Waals surface area contributed by atoms with E-state index in [4.69, 9.17) is 4.74 Å². The number of aromatic nitrogens is 2. The molecule has 0 saturated carbocycles. The van der Waals surface area contributed by atoms with Crippen molar-refractivity contribution in [3.63, 3.8) is 0 Å². The Morgan fingerprint density at radius 1 is 1.25 bits per heavy atom. The number of hydrogen-bond acceptors (Lipinski definition) is 3. The molecule has 3 aromatic rings. The number of nitrogens with zero attached hydrogens (tertiary/aromatic N) is 3. The van der Waals surface area contributed by atoms with E-state index in [9.17, 15) is 9.18 Å². The quantitative estimate of drug-likeness (QED) is 0.695. The number of ether oxygens (including phenoxy) is 1. The molecule has 1 atom stereocenters. The van der Waals surface area contributed by atoms with E-state index in [2.05, 4.69) is 5.10 Å². The van der Waals surface area contributed by atoms with Crippen molar-refractivity contribution in [2.24, 2.45) is 0 Å². The lowest BCUT2D eigenvalue weighted by Crippen LogP contribution is -2.41. The maximum absolute atomic E-state index is 13.6. The van der Waals surface area contributed by atoms with Crippen LogP contribution in [0.2, 0.25) is 0 Å². The normalized spacial score (nSPS) is 16.2. The van der Waals surface area contributed by atoms with Crippen LogP contribution in [0.1, 0.15) is 18.1 Å². The number of carbonyl (C=O) groups is 1. The largest absolute Gasteiger partial charge is 0.491 e. The van der Waals surface area contributed by atoms with E-state index < -0.39 is 0 Å². The molecular formula is C22H22FN3O2. The average molecular weight is 379 g/mol. The van der Waals surface area contributed by atoms with Gasteiger partial charge in [0.05, 0.1) is 12.2 Å². The maximum atomic E-state index is 13.6. The molecule has 144 valence electrons. The van der Waals surface area contributed by atoms with E-state index in [0.29, 0.717) is 13.2 Å². The van der Waals surface area contributed by atoms with Crippen molar-refractivity contribution in [1.82, 2.24) is 14.7 Å². The standard InChI is InChI=1S/C22H22FN3O2/c1-15-10-24-25(11-15)13-22(27)26-12-19-8-18(17-4-3-5-20(23)9-17)6-7-21(19)28-14-16(26)2/h3-11,16H,12-14H2,1-2H3. The van der Waals surface area contributed by atoms with Gasteiger partial charge >= 0.3 is 0 Å². The Kier molecular flexibility index (Phi) is 4.86. The van der Waals surface area contributed by atoms with Gasteiger partial charge in [-0.15, -0.1) is 0 Å². The van der Waals surface area contributed by atoms with Crippen molar-refractivity contribution in [3.8, 4) is 16.9 Å². The lowest BCUT2D eigenvalue weighted by Gasteiger charge is -2.26. The van der Waals surface area contributed by atoms with Gasteiger partial charge in [-0.05, 0) is 54.8 Å². The minimum Gasteiger partial charge on any atom is -0.491 e. The topological polar surface area (TPSA) is 47.4 Å². The predicted molar refractivity (Wildman–Crippen MR) is 104 cm³/mol. The van der Waals surface area contributed by atoms with E-state index in [1.807, 2.05) is 49.2 Å². The second-order valence-corrected chi connectivity index (χ2v) is 7.23. The van der Waals surface area contributed by atoms with Gasteiger partial charge in [-0.2, -0.15) is 5.10 Å². The van der Waals surface area contributed by atoms with Gasteiger partial charge in [-0.25, -0.2) is 4.39 Å². The minimum atomic E-state index is -0.274. The second kappa shape index (κ2) is 7.46. The lowest BCUT2D eigenvalue weighted by molar-refractivity contribution is -0.135. The van der Waals surface area contributed by atoms with Crippen LogP contribution >= 0.6 is 0 Å². The number of benzene rings is 2. The van der Waals surface area contributed by atoms with Gasteiger partial charge in [0, 0.05) is 18.3 Å². The third-order valence-electron chi connectivity index (χ3n) is 4.95. The highest BCUT2D eigenvalue weighted by Crippen LogP contribution is 2.30. The molecule has 28 heavy (non-hydrogen) atoms. The van der Waals surface area contributed by atoms with Crippen LogP contribution in [0.25, 0.3) is 11.1 Å². The third-order valence-corrected chi connectivity index (χ3v) is 4.95. The Morgan fingerprint density at radius 2 is 2.07 bits per heavy atom. The van der Waals surface area contributed by atoms with E-state index >= 15 is 0 Å². The summed E-state index contributed by atoms with van der Waals surface area (Å²) in [5.41, 5.74) is 3.62. The number of carbonyl (C=O) groups excluding carboxylic acids is 1. The van der Waals surface area contributed by atoms with Gasteiger partial charge in [0.1, 0.15) is 24.7 Å². The number of rotatable bonds is 3. The highest BCUT2D eigenvalue weighted by molar-refractivity contribution is 5.76. The molecule has 1 aliphatic rings. The molecule has 1 unspecified atom stereocenters. The maximum Gasteiger partial charge on any atom is 0.244 e. The monoisotopic (exact) mass is 379 g/mol. The van der Waals surface area contributed by atoms with Gasteiger partial charge in [-0.1, -0.05) is 18.2 Å². The van der Waals surface area contributed by atoms with E-state index in [-0.39, 0.29) is 24.3 Å². The molecule has 1 amide bonds.